The van der Waals surface area contributed by atoms with Gasteiger partial charge in [0.2, 0.25) is 12.7 Å². The Morgan fingerprint density at radius 3 is 2.70 bits per heavy atom. The zero-order valence-electron chi connectivity index (χ0n) is 12.1. The van der Waals surface area contributed by atoms with Crippen molar-refractivity contribution in [3.63, 3.8) is 0 Å². The second kappa shape index (κ2) is 5.71. The fraction of sp³-hybridized carbons (Fsp3) is 0.533. The highest BCUT2D eigenvalue weighted by atomic mass is 16.7. The van der Waals surface area contributed by atoms with Crippen LogP contribution in [-0.2, 0) is 11.2 Å². The van der Waals surface area contributed by atoms with E-state index in [2.05, 4.69) is 5.32 Å². The molecular formula is C15H21NO4. The number of benzene rings is 1. The number of hydrogen-bond donors (Lipinski definition) is 2. The third kappa shape index (κ3) is 3.42. The van der Waals surface area contributed by atoms with Gasteiger partial charge in [0.25, 0.3) is 0 Å². The minimum Gasteiger partial charge on any atom is -0.454 e. The smallest absolute Gasteiger partial charge is 0.231 e. The normalized spacial score (nSPS) is 15.0. The molecule has 110 valence electrons. The van der Waals surface area contributed by atoms with Crippen molar-refractivity contribution >= 4 is 5.91 Å². The Bertz CT molecular complexity index is 493. The summed E-state index contributed by atoms with van der Waals surface area (Å²) in [6.07, 6.45) is 0.253. The Balaban J connectivity index is 1.98. The van der Waals surface area contributed by atoms with Crippen LogP contribution in [0.25, 0.3) is 0 Å². The van der Waals surface area contributed by atoms with E-state index in [1.54, 1.807) is 6.07 Å². The summed E-state index contributed by atoms with van der Waals surface area (Å²) >= 11 is 0. The first-order chi connectivity index (χ1) is 9.40. The van der Waals surface area contributed by atoms with Crippen molar-refractivity contribution < 1.29 is 19.4 Å². The van der Waals surface area contributed by atoms with Crippen molar-refractivity contribution in [3.05, 3.63) is 23.8 Å². The molecule has 0 saturated carbocycles. The predicted molar refractivity (Wildman–Crippen MR) is 74.7 cm³/mol. The summed E-state index contributed by atoms with van der Waals surface area (Å²) in [5.41, 5.74) is 0.677. The molecule has 1 aliphatic rings. The van der Waals surface area contributed by atoms with E-state index in [1.165, 1.54) is 0 Å². The highest BCUT2D eigenvalue weighted by Gasteiger charge is 2.25. The fourth-order valence-electron chi connectivity index (χ4n) is 2.02. The van der Waals surface area contributed by atoms with Gasteiger partial charge in [0.05, 0.1) is 19.1 Å². The zero-order chi connectivity index (χ0) is 14.8. The summed E-state index contributed by atoms with van der Waals surface area (Å²) < 4.78 is 10.5. The first-order valence-electron chi connectivity index (χ1n) is 6.69. The van der Waals surface area contributed by atoms with Gasteiger partial charge in [-0.25, -0.2) is 0 Å². The summed E-state index contributed by atoms with van der Waals surface area (Å²) in [6.45, 7) is 6.09. The number of hydrogen-bond acceptors (Lipinski definition) is 4. The molecule has 0 bridgehead atoms. The van der Waals surface area contributed by atoms with Gasteiger partial charge in [-0.3, -0.25) is 4.79 Å². The summed E-state index contributed by atoms with van der Waals surface area (Å²) in [6, 6.07) is 5.20. The molecule has 0 spiro atoms. The fourth-order valence-corrected chi connectivity index (χ4v) is 2.02. The topological polar surface area (TPSA) is 67.8 Å². The van der Waals surface area contributed by atoms with E-state index < -0.39 is 0 Å². The van der Waals surface area contributed by atoms with Gasteiger partial charge in [-0.1, -0.05) is 26.8 Å². The molecule has 20 heavy (non-hydrogen) atoms. The molecule has 1 atom stereocenters. The monoisotopic (exact) mass is 279 g/mol. The van der Waals surface area contributed by atoms with E-state index in [-0.39, 0.29) is 37.2 Å². The average Bonchev–Trinajstić information content (AvgIpc) is 2.81. The molecule has 1 heterocycles. The maximum atomic E-state index is 12.0. The molecule has 1 aromatic rings. The molecule has 2 N–H and O–H groups in total. The van der Waals surface area contributed by atoms with Gasteiger partial charge in [0.1, 0.15) is 0 Å². The van der Waals surface area contributed by atoms with Crippen molar-refractivity contribution in [2.24, 2.45) is 5.41 Å². The van der Waals surface area contributed by atoms with E-state index in [4.69, 9.17) is 9.47 Å². The molecular weight excluding hydrogens is 258 g/mol. The summed E-state index contributed by atoms with van der Waals surface area (Å²) in [7, 11) is 0. The standard InChI is InChI=1S/C15H21NO4/c1-15(2,3)13(8-17)16-14(18)7-10-4-5-11-12(6-10)20-9-19-11/h4-6,13,17H,7-9H2,1-3H3,(H,16,18). The molecule has 0 fully saturated rings. The van der Waals surface area contributed by atoms with Crippen LogP contribution in [0.5, 0.6) is 11.5 Å². The van der Waals surface area contributed by atoms with Crippen molar-refractivity contribution in [1.29, 1.82) is 0 Å². The number of rotatable bonds is 4. The number of carbonyl (C=O) groups excluding carboxylic acids is 1. The van der Waals surface area contributed by atoms with Crippen LogP contribution in [0.1, 0.15) is 26.3 Å². The lowest BCUT2D eigenvalue weighted by atomic mass is 9.87. The summed E-state index contributed by atoms with van der Waals surface area (Å²) in [5, 5.41) is 12.2. The van der Waals surface area contributed by atoms with Gasteiger partial charge in [0.15, 0.2) is 11.5 Å². The lowest BCUT2D eigenvalue weighted by molar-refractivity contribution is -0.122. The summed E-state index contributed by atoms with van der Waals surface area (Å²) in [4.78, 5) is 12.0. The second-order valence-corrected chi connectivity index (χ2v) is 6.03. The molecule has 1 amide bonds. The highest BCUT2D eigenvalue weighted by Crippen LogP contribution is 2.32. The molecule has 0 saturated heterocycles. The minimum atomic E-state index is -0.260. The molecule has 0 radical (unpaired) electrons. The number of nitrogens with one attached hydrogen (secondary N) is 1. The van der Waals surface area contributed by atoms with Crippen molar-refractivity contribution in [2.75, 3.05) is 13.4 Å². The van der Waals surface area contributed by atoms with Gasteiger partial charge >= 0.3 is 0 Å². The van der Waals surface area contributed by atoms with Gasteiger partial charge < -0.3 is 19.9 Å². The van der Waals surface area contributed by atoms with E-state index >= 15 is 0 Å². The molecule has 2 rings (SSSR count). The first-order valence-corrected chi connectivity index (χ1v) is 6.69. The Labute approximate surface area is 118 Å². The van der Waals surface area contributed by atoms with E-state index in [0.29, 0.717) is 11.5 Å². The van der Waals surface area contributed by atoms with Gasteiger partial charge in [-0.2, -0.15) is 0 Å². The Hall–Kier alpha value is -1.75. The van der Waals surface area contributed by atoms with Crippen LogP contribution >= 0.6 is 0 Å². The number of amides is 1. The van der Waals surface area contributed by atoms with Crippen molar-refractivity contribution in [3.8, 4) is 11.5 Å². The minimum absolute atomic E-state index is 0.0730. The van der Waals surface area contributed by atoms with Crippen LogP contribution in [0.4, 0.5) is 0 Å². The van der Waals surface area contributed by atoms with Gasteiger partial charge in [-0.05, 0) is 23.1 Å². The second-order valence-electron chi connectivity index (χ2n) is 6.03. The quantitative estimate of drug-likeness (QED) is 0.876. The van der Waals surface area contributed by atoms with Crippen LogP contribution in [0.2, 0.25) is 0 Å². The molecule has 1 unspecified atom stereocenters. The largest absolute Gasteiger partial charge is 0.454 e. The molecule has 0 aliphatic carbocycles. The first kappa shape index (κ1) is 14.7. The number of aliphatic hydroxyl groups excluding tert-OH is 1. The van der Waals surface area contributed by atoms with Crippen LogP contribution in [0.15, 0.2) is 18.2 Å². The van der Waals surface area contributed by atoms with E-state index in [9.17, 15) is 9.90 Å². The Morgan fingerprint density at radius 1 is 1.35 bits per heavy atom. The number of fused-ring (bicyclic) bond motifs is 1. The average molecular weight is 279 g/mol. The molecule has 5 nitrogen and oxygen atoms in total. The molecule has 5 heteroatoms. The third-order valence-corrected chi connectivity index (χ3v) is 3.36. The van der Waals surface area contributed by atoms with Crippen LogP contribution in [0, 0.1) is 5.41 Å². The number of carbonyl (C=O) groups is 1. The SMILES string of the molecule is CC(C)(C)C(CO)NC(=O)Cc1ccc2c(c1)OCO2. The highest BCUT2D eigenvalue weighted by molar-refractivity contribution is 5.79. The molecule has 1 aliphatic heterocycles. The lowest BCUT2D eigenvalue weighted by Crippen LogP contribution is -2.46. The van der Waals surface area contributed by atoms with E-state index in [1.807, 2.05) is 32.9 Å². The third-order valence-electron chi connectivity index (χ3n) is 3.36. The Morgan fingerprint density at radius 2 is 2.05 bits per heavy atom. The van der Waals surface area contributed by atoms with Gasteiger partial charge in [-0.15, -0.1) is 0 Å². The lowest BCUT2D eigenvalue weighted by Gasteiger charge is -2.29. The number of ether oxygens (including phenoxy) is 2. The maximum Gasteiger partial charge on any atom is 0.231 e. The number of aliphatic hydroxyl groups is 1. The van der Waals surface area contributed by atoms with Crippen LogP contribution in [-0.4, -0.2) is 30.5 Å². The molecule has 0 aromatic heterocycles. The maximum absolute atomic E-state index is 12.0. The van der Waals surface area contributed by atoms with Crippen LogP contribution < -0.4 is 14.8 Å². The molecule has 1 aromatic carbocycles. The predicted octanol–water partition coefficient (Wildman–Crippen LogP) is 1.48. The Kier molecular flexibility index (Phi) is 4.18. The van der Waals surface area contributed by atoms with Crippen molar-refractivity contribution in [1.82, 2.24) is 5.32 Å². The summed E-state index contributed by atoms with van der Waals surface area (Å²) in [5.74, 6) is 1.26. The van der Waals surface area contributed by atoms with E-state index in [0.717, 1.165) is 5.56 Å². The zero-order valence-corrected chi connectivity index (χ0v) is 12.1. The van der Waals surface area contributed by atoms with Crippen molar-refractivity contribution in [2.45, 2.75) is 33.2 Å². The van der Waals surface area contributed by atoms with Crippen LogP contribution in [0.3, 0.4) is 0 Å². The van der Waals surface area contributed by atoms with Gasteiger partial charge in [0, 0.05) is 0 Å².